The van der Waals surface area contributed by atoms with Crippen LogP contribution in [0, 0.1) is 0 Å². The minimum Gasteiger partial charge on any atom is -0.493 e. The number of fused-ring (bicyclic) bond motifs is 1. The average Bonchev–Trinajstić information content (AvgIpc) is 3.55. The molecule has 0 amide bonds. The molecule has 0 radical (unpaired) electrons. The van der Waals surface area contributed by atoms with E-state index in [1.165, 1.54) is 5.56 Å². The van der Waals surface area contributed by atoms with E-state index in [-0.39, 0.29) is 11.5 Å². The number of benzene rings is 2. The Morgan fingerprint density at radius 1 is 1.06 bits per heavy atom. The number of hydrogen-bond donors (Lipinski definition) is 1. The second-order valence-corrected chi connectivity index (χ2v) is 9.69. The highest BCUT2D eigenvalue weighted by Crippen LogP contribution is 2.48. The van der Waals surface area contributed by atoms with Crippen molar-refractivity contribution in [3.05, 3.63) is 66.3 Å². The fourth-order valence-electron chi connectivity index (χ4n) is 4.61. The van der Waals surface area contributed by atoms with Crippen LogP contribution >= 0.6 is 0 Å². The van der Waals surface area contributed by atoms with Gasteiger partial charge in [-0.2, -0.15) is 10.2 Å². The Bertz CT molecular complexity index is 1350. The van der Waals surface area contributed by atoms with Gasteiger partial charge in [-0.1, -0.05) is 39.0 Å². The zero-order valence-electron chi connectivity index (χ0n) is 20.3. The van der Waals surface area contributed by atoms with Gasteiger partial charge in [0, 0.05) is 6.54 Å². The maximum absolute atomic E-state index is 5.85. The number of nitrogens with zero attached hydrogens (tertiary/aromatic N) is 5. The SMILES string of the molecule is C=C1C[C@@H](c2nc3ccc(C(C)(C)C)cc3[nH]2)N(c2c(-n3nccn3)ccc(OC)c2OC)C1. The predicted octanol–water partition coefficient (Wildman–Crippen LogP) is 4.97. The van der Waals surface area contributed by atoms with Gasteiger partial charge < -0.3 is 19.4 Å². The highest BCUT2D eigenvalue weighted by Gasteiger charge is 2.36. The number of methoxy groups -OCH3 is 2. The Morgan fingerprint density at radius 2 is 1.82 bits per heavy atom. The van der Waals surface area contributed by atoms with Gasteiger partial charge in [-0.05, 0) is 41.7 Å². The molecule has 1 aliphatic heterocycles. The number of aromatic nitrogens is 5. The van der Waals surface area contributed by atoms with Gasteiger partial charge in [0.25, 0.3) is 0 Å². The number of ether oxygens (including phenoxy) is 2. The summed E-state index contributed by atoms with van der Waals surface area (Å²) in [6.07, 6.45) is 4.10. The summed E-state index contributed by atoms with van der Waals surface area (Å²) in [5.41, 5.74) is 6.08. The molecule has 34 heavy (non-hydrogen) atoms. The van der Waals surface area contributed by atoms with E-state index in [0.29, 0.717) is 18.0 Å². The summed E-state index contributed by atoms with van der Waals surface area (Å²) in [6, 6.07) is 10.2. The molecule has 8 nitrogen and oxygen atoms in total. The standard InChI is InChI=1S/C26H30N6O2/c1-16-13-21(25-29-18-8-7-17(26(2,3)4)14-19(18)30-25)31(15-16)23-20(32-27-11-12-28-32)9-10-22(33-5)24(23)34-6/h7-12,14,21H,1,13,15H2,2-6H3,(H,29,30)/t21-/m0/s1. The van der Waals surface area contributed by atoms with Crippen molar-refractivity contribution in [2.24, 2.45) is 0 Å². The number of rotatable bonds is 5. The number of nitrogens with one attached hydrogen (secondary N) is 1. The summed E-state index contributed by atoms with van der Waals surface area (Å²) < 4.78 is 11.5. The zero-order valence-corrected chi connectivity index (χ0v) is 20.3. The van der Waals surface area contributed by atoms with Gasteiger partial charge in [-0.3, -0.25) is 0 Å². The number of aromatic amines is 1. The van der Waals surface area contributed by atoms with Crippen LogP contribution in [0.2, 0.25) is 0 Å². The molecule has 1 fully saturated rings. The first-order valence-electron chi connectivity index (χ1n) is 11.3. The monoisotopic (exact) mass is 458 g/mol. The normalized spacial score (nSPS) is 16.4. The summed E-state index contributed by atoms with van der Waals surface area (Å²) in [5.74, 6) is 2.16. The van der Waals surface area contributed by atoms with Crippen molar-refractivity contribution in [3.8, 4) is 17.2 Å². The molecule has 2 aromatic carbocycles. The molecule has 0 saturated carbocycles. The lowest BCUT2D eigenvalue weighted by molar-refractivity contribution is 0.354. The lowest BCUT2D eigenvalue weighted by atomic mass is 9.87. The van der Waals surface area contributed by atoms with Crippen LogP contribution in [0.5, 0.6) is 11.5 Å². The van der Waals surface area contributed by atoms with Crippen LogP contribution < -0.4 is 14.4 Å². The van der Waals surface area contributed by atoms with E-state index in [1.54, 1.807) is 31.4 Å². The molecular weight excluding hydrogens is 428 g/mol. The first-order valence-corrected chi connectivity index (χ1v) is 11.3. The molecule has 0 aliphatic carbocycles. The Morgan fingerprint density at radius 3 is 2.50 bits per heavy atom. The molecule has 8 heteroatoms. The van der Waals surface area contributed by atoms with Crippen LogP contribution in [0.3, 0.4) is 0 Å². The Hall–Kier alpha value is -3.81. The third-order valence-electron chi connectivity index (χ3n) is 6.35. The predicted molar refractivity (Wildman–Crippen MR) is 133 cm³/mol. The molecule has 176 valence electrons. The lowest BCUT2D eigenvalue weighted by Crippen LogP contribution is -2.26. The van der Waals surface area contributed by atoms with Gasteiger partial charge in [0.05, 0.1) is 43.7 Å². The molecule has 1 atom stereocenters. The van der Waals surface area contributed by atoms with E-state index >= 15 is 0 Å². The van der Waals surface area contributed by atoms with Crippen LogP contribution in [-0.4, -0.2) is 45.7 Å². The first-order chi connectivity index (χ1) is 16.3. The third kappa shape index (κ3) is 3.69. The largest absolute Gasteiger partial charge is 0.493 e. The minimum absolute atomic E-state index is 0.0479. The van der Waals surface area contributed by atoms with Crippen molar-refractivity contribution in [1.82, 2.24) is 25.0 Å². The number of hydrogen-bond acceptors (Lipinski definition) is 6. The topological polar surface area (TPSA) is 81.1 Å². The average molecular weight is 459 g/mol. The van der Waals surface area contributed by atoms with Crippen molar-refractivity contribution in [2.75, 3.05) is 25.7 Å². The molecule has 0 unspecified atom stereocenters. The van der Waals surface area contributed by atoms with Crippen molar-refractivity contribution in [1.29, 1.82) is 0 Å². The smallest absolute Gasteiger partial charge is 0.186 e. The van der Waals surface area contributed by atoms with E-state index in [1.807, 2.05) is 12.1 Å². The van der Waals surface area contributed by atoms with E-state index in [4.69, 9.17) is 14.5 Å². The Labute approximate surface area is 199 Å². The summed E-state index contributed by atoms with van der Waals surface area (Å²) in [6.45, 7) is 11.6. The highest BCUT2D eigenvalue weighted by atomic mass is 16.5. The van der Waals surface area contributed by atoms with Gasteiger partial charge in [0.2, 0.25) is 0 Å². The second-order valence-electron chi connectivity index (χ2n) is 9.69. The molecule has 3 heterocycles. The van der Waals surface area contributed by atoms with Gasteiger partial charge in [0.1, 0.15) is 17.2 Å². The van der Waals surface area contributed by atoms with Crippen LogP contribution in [0.25, 0.3) is 16.7 Å². The van der Waals surface area contributed by atoms with Gasteiger partial charge in [-0.25, -0.2) is 4.98 Å². The van der Waals surface area contributed by atoms with Crippen LogP contribution in [0.1, 0.15) is 44.6 Å². The molecule has 1 saturated heterocycles. The zero-order chi connectivity index (χ0) is 24.0. The van der Waals surface area contributed by atoms with E-state index in [9.17, 15) is 0 Å². The molecule has 1 aliphatic rings. The molecule has 4 aromatic rings. The molecular formula is C26H30N6O2. The first kappa shape index (κ1) is 22.0. The van der Waals surface area contributed by atoms with E-state index in [2.05, 4.69) is 65.6 Å². The quantitative estimate of drug-likeness (QED) is 0.426. The number of H-pyrrole nitrogens is 1. The maximum atomic E-state index is 5.85. The van der Waals surface area contributed by atoms with Crippen molar-refractivity contribution >= 4 is 16.7 Å². The van der Waals surface area contributed by atoms with E-state index in [0.717, 1.165) is 40.2 Å². The van der Waals surface area contributed by atoms with Crippen molar-refractivity contribution < 1.29 is 9.47 Å². The minimum atomic E-state index is -0.0479. The Balaban J connectivity index is 1.65. The second kappa shape index (κ2) is 8.20. The van der Waals surface area contributed by atoms with Gasteiger partial charge in [0.15, 0.2) is 11.5 Å². The molecule has 1 N–H and O–H groups in total. The summed E-state index contributed by atoms with van der Waals surface area (Å²) >= 11 is 0. The Kier molecular flexibility index (Phi) is 5.31. The van der Waals surface area contributed by atoms with Crippen LogP contribution in [0.4, 0.5) is 5.69 Å². The summed E-state index contributed by atoms with van der Waals surface area (Å²) in [5, 5.41) is 8.74. The lowest BCUT2D eigenvalue weighted by Gasteiger charge is -2.29. The van der Waals surface area contributed by atoms with Gasteiger partial charge >= 0.3 is 0 Å². The fraction of sp³-hybridized carbons (Fsp3) is 0.346. The van der Waals surface area contributed by atoms with Crippen LogP contribution in [0.15, 0.2) is 54.9 Å². The molecule has 2 aromatic heterocycles. The molecule has 5 rings (SSSR count). The number of anilines is 1. The fourth-order valence-corrected chi connectivity index (χ4v) is 4.61. The number of imidazole rings is 1. The van der Waals surface area contributed by atoms with Crippen molar-refractivity contribution in [3.63, 3.8) is 0 Å². The van der Waals surface area contributed by atoms with Gasteiger partial charge in [-0.15, -0.1) is 4.80 Å². The third-order valence-corrected chi connectivity index (χ3v) is 6.35. The molecule has 0 spiro atoms. The maximum Gasteiger partial charge on any atom is 0.186 e. The summed E-state index contributed by atoms with van der Waals surface area (Å²) in [7, 11) is 3.29. The summed E-state index contributed by atoms with van der Waals surface area (Å²) in [4.78, 5) is 12.4. The van der Waals surface area contributed by atoms with Crippen LogP contribution in [-0.2, 0) is 5.41 Å². The molecule has 0 bridgehead atoms. The highest BCUT2D eigenvalue weighted by molar-refractivity contribution is 5.78. The van der Waals surface area contributed by atoms with E-state index < -0.39 is 0 Å². The van der Waals surface area contributed by atoms with Crippen molar-refractivity contribution in [2.45, 2.75) is 38.6 Å².